The van der Waals surface area contributed by atoms with Crippen LogP contribution in [0.25, 0.3) is 0 Å². The van der Waals surface area contributed by atoms with E-state index in [4.69, 9.17) is 0 Å². The normalized spacial score (nSPS) is 13.6. The van der Waals surface area contributed by atoms with E-state index in [0.717, 1.165) is 24.9 Å². The highest BCUT2D eigenvalue weighted by Crippen LogP contribution is 2.23. The molecule has 1 aromatic heterocycles. The van der Waals surface area contributed by atoms with E-state index in [1.807, 2.05) is 29.8 Å². The van der Waals surface area contributed by atoms with Crippen molar-refractivity contribution in [2.45, 2.75) is 32.7 Å². The van der Waals surface area contributed by atoms with Crippen LogP contribution in [0.4, 0.5) is 0 Å². The molecule has 3 heteroatoms. The zero-order chi connectivity index (χ0) is 12.5. The second kappa shape index (κ2) is 4.41. The maximum atomic E-state index is 12.4. The minimum atomic E-state index is 0.0246. The van der Waals surface area contributed by atoms with E-state index in [9.17, 15) is 4.79 Å². The molecule has 92 valence electrons. The first-order chi connectivity index (χ1) is 8.79. The van der Waals surface area contributed by atoms with E-state index in [-0.39, 0.29) is 5.78 Å². The van der Waals surface area contributed by atoms with Crippen LogP contribution in [-0.2, 0) is 19.4 Å². The fourth-order valence-electron chi connectivity index (χ4n) is 2.62. The monoisotopic (exact) mass is 240 g/mol. The lowest BCUT2D eigenvalue weighted by Gasteiger charge is -2.06. The number of rotatable bonds is 3. The van der Waals surface area contributed by atoms with E-state index in [1.165, 1.54) is 17.5 Å². The summed E-state index contributed by atoms with van der Waals surface area (Å²) in [6, 6.07) is 6.06. The van der Waals surface area contributed by atoms with E-state index >= 15 is 0 Å². The number of aryl methyl sites for hydroxylation is 3. The molecule has 1 aromatic carbocycles. The van der Waals surface area contributed by atoms with Gasteiger partial charge in [0.1, 0.15) is 0 Å². The van der Waals surface area contributed by atoms with Gasteiger partial charge in [-0.2, -0.15) is 0 Å². The van der Waals surface area contributed by atoms with Crippen LogP contribution in [-0.4, -0.2) is 15.3 Å². The summed E-state index contributed by atoms with van der Waals surface area (Å²) in [6.07, 6.45) is 6.98. The van der Waals surface area contributed by atoms with Gasteiger partial charge in [-0.3, -0.25) is 4.79 Å². The first-order valence-corrected chi connectivity index (χ1v) is 6.47. The van der Waals surface area contributed by atoms with Gasteiger partial charge in [-0.25, -0.2) is 4.98 Å². The molecule has 3 rings (SSSR count). The smallest absolute Gasteiger partial charge is 0.228 e. The van der Waals surface area contributed by atoms with Crippen molar-refractivity contribution >= 4 is 5.78 Å². The average molecular weight is 240 g/mol. The molecule has 3 nitrogen and oxygen atoms in total. The van der Waals surface area contributed by atoms with Gasteiger partial charge in [0.05, 0.1) is 0 Å². The van der Waals surface area contributed by atoms with Gasteiger partial charge in [0.2, 0.25) is 5.78 Å². The highest BCUT2D eigenvalue weighted by molar-refractivity contribution is 6.06. The number of hydrogen-bond acceptors (Lipinski definition) is 2. The Morgan fingerprint density at radius 1 is 1.33 bits per heavy atom. The first-order valence-electron chi connectivity index (χ1n) is 6.47. The minimum Gasteiger partial charge on any atom is -0.328 e. The molecule has 1 aliphatic carbocycles. The fraction of sp³-hybridized carbons (Fsp3) is 0.333. The Balaban J connectivity index is 1.98. The Morgan fingerprint density at radius 3 is 3.00 bits per heavy atom. The molecule has 0 fully saturated rings. The van der Waals surface area contributed by atoms with Gasteiger partial charge in [0, 0.05) is 24.5 Å². The molecule has 1 aliphatic rings. The summed E-state index contributed by atoms with van der Waals surface area (Å²) < 4.78 is 1.88. The number of ketones is 1. The molecule has 0 radical (unpaired) electrons. The van der Waals surface area contributed by atoms with Gasteiger partial charge < -0.3 is 4.57 Å². The van der Waals surface area contributed by atoms with Crippen LogP contribution in [0.15, 0.2) is 30.6 Å². The van der Waals surface area contributed by atoms with E-state index < -0.39 is 0 Å². The van der Waals surface area contributed by atoms with Gasteiger partial charge in [0.15, 0.2) is 5.82 Å². The van der Waals surface area contributed by atoms with Crippen molar-refractivity contribution in [1.29, 1.82) is 0 Å². The van der Waals surface area contributed by atoms with Crippen molar-refractivity contribution in [1.82, 2.24) is 9.55 Å². The van der Waals surface area contributed by atoms with Crippen molar-refractivity contribution in [2.75, 3.05) is 0 Å². The number of aromatic nitrogens is 2. The Labute approximate surface area is 106 Å². The van der Waals surface area contributed by atoms with E-state index in [2.05, 4.69) is 11.1 Å². The summed E-state index contributed by atoms with van der Waals surface area (Å²) in [4.78, 5) is 16.6. The Morgan fingerprint density at radius 2 is 2.17 bits per heavy atom. The summed E-state index contributed by atoms with van der Waals surface area (Å²) in [6.45, 7) is 2.78. The van der Waals surface area contributed by atoms with Gasteiger partial charge in [-0.1, -0.05) is 12.1 Å². The Bertz CT molecular complexity index is 598. The maximum absolute atomic E-state index is 12.4. The molecule has 0 N–H and O–H groups in total. The number of fused-ring (bicyclic) bond motifs is 1. The lowest BCUT2D eigenvalue weighted by Crippen LogP contribution is -2.10. The second-order valence-corrected chi connectivity index (χ2v) is 4.70. The summed E-state index contributed by atoms with van der Waals surface area (Å²) >= 11 is 0. The Hall–Kier alpha value is -1.90. The summed E-state index contributed by atoms with van der Waals surface area (Å²) in [5.41, 5.74) is 3.48. The molecule has 18 heavy (non-hydrogen) atoms. The largest absolute Gasteiger partial charge is 0.328 e. The van der Waals surface area contributed by atoms with E-state index in [0.29, 0.717) is 5.82 Å². The quantitative estimate of drug-likeness (QED) is 0.773. The molecule has 0 bridgehead atoms. The van der Waals surface area contributed by atoms with Crippen LogP contribution in [0.1, 0.15) is 40.7 Å². The van der Waals surface area contributed by atoms with Crippen LogP contribution in [0.2, 0.25) is 0 Å². The van der Waals surface area contributed by atoms with Crippen LogP contribution in [0, 0.1) is 0 Å². The third-order valence-electron chi connectivity index (χ3n) is 3.62. The summed E-state index contributed by atoms with van der Waals surface area (Å²) in [5, 5.41) is 0. The third kappa shape index (κ3) is 1.76. The molecule has 2 aromatic rings. The number of carbonyl (C=O) groups is 1. The zero-order valence-corrected chi connectivity index (χ0v) is 10.5. The highest BCUT2D eigenvalue weighted by Gasteiger charge is 2.17. The van der Waals surface area contributed by atoms with Crippen molar-refractivity contribution < 1.29 is 4.79 Å². The summed E-state index contributed by atoms with van der Waals surface area (Å²) in [7, 11) is 0. The van der Waals surface area contributed by atoms with Crippen LogP contribution < -0.4 is 0 Å². The molecule has 0 aliphatic heterocycles. The first kappa shape index (κ1) is 11.2. The molecule has 1 heterocycles. The van der Waals surface area contributed by atoms with Gasteiger partial charge in [0.25, 0.3) is 0 Å². The minimum absolute atomic E-state index is 0.0246. The number of nitrogens with zero attached hydrogens (tertiary/aromatic N) is 2. The molecule has 0 atom stereocenters. The lowest BCUT2D eigenvalue weighted by atomic mass is 10.0. The third-order valence-corrected chi connectivity index (χ3v) is 3.62. The van der Waals surface area contributed by atoms with Crippen molar-refractivity contribution in [3.63, 3.8) is 0 Å². The van der Waals surface area contributed by atoms with Crippen molar-refractivity contribution in [3.05, 3.63) is 53.1 Å². The predicted molar refractivity (Wildman–Crippen MR) is 69.8 cm³/mol. The molecular weight excluding hydrogens is 224 g/mol. The standard InChI is InChI=1S/C15H16N2O/c1-2-17-9-8-16-15(17)14(18)13-7-6-11-4-3-5-12(11)10-13/h6-10H,2-5H2,1H3. The second-order valence-electron chi connectivity index (χ2n) is 4.70. The molecule has 0 amide bonds. The average Bonchev–Trinajstić information content (AvgIpc) is 3.05. The summed E-state index contributed by atoms with van der Waals surface area (Å²) in [5.74, 6) is 0.562. The fourth-order valence-corrected chi connectivity index (χ4v) is 2.62. The number of imidazole rings is 1. The van der Waals surface area contributed by atoms with Crippen molar-refractivity contribution in [2.24, 2.45) is 0 Å². The topological polar surface area (TPSA) is 34.9 Å². The molecule has 0 unspecified atom stereocenters. The van der Waals surface area contributed by atoms with Crippen LogP contribution in [0.3, 0.4) is 0 Å². The molecular formula is C15H16N2O. The maximum Gasteiger partial charge on any atom is 0.228 e. The Kier molecular flexibility index (Phi) is 2.74. The number of carbonyl (C=O) groups excluding carboxylic acids is 1. The number of benzene rings is 1. The van der Waals surface area contributed by atoms with Gasteiger partial charge in [-0.05, 0) is 43.4 Å². The van der Waals surface area contributed by atoms with E-state index in [1.54, 1.807) is 6.20 Å². The van der Waals surface area contributed by atoms with Crippen LogP contribution in [0.5, 0.6) is 0 Å². The predicted octanol–water partition coefficient (Wildman–Crippen LogP) is 2.62. The van der Waals surface area contributed by atoms with Gasteiger partial charge in [-0.15, -0.1) is 0 Å². The SMILES string of the molecule is CCn1ccnc1C(=O)c1ccc2c(c1)CCC2. The lowest BCUT2D eigenvalue weighted by molar-refractivity contribution is 0.102. The number of hydrogen-bond donors (Lipinski definition) is 0. The molecule has 0 spiro atoms. The van der Waals surface area contributed by atoms with Crippen LogP contribution >= 0.6 is 0 Å². The molecule has 0 saturated carbocycles. The molecule has 0 saturated heterocycles. The van der Waals surface area contributed by atoms with Gasteiger partial charge >= 0.3 is 0 Å². The zero-order valence-electron chi connectivity index (χ0n) is 10.5. The van der Waals surface area contributed by atoms with Crippen molar-refractivity contribution in [3.8, 4) is 0 Å². The highest BCUT2D eigenvalue weighted by atomic mass is 16.1.